The first-order valence-corrected chi connectivity index (χ1v) is 10.3. The maximum atomic E-state index is 13.4. The Labute approximate surface area is 186 Å². The summed E-state index contributed by atoms with van der Waals surface area (Å²) < 4.78 is 21.5. The van der Waals surface area contributed by atoms with E-state index in [0.717, 1.165) is 5.57 Å². The number of carbonyl (C=O) groups is 3. The minimum Gasteiger partial charge on any atom is -0.507 e. The maximum Gasteiger partial charge on any atom is 0.342 e. The summed E-state index contributed by atoms with van der Waals surface area (Å²) in [7, 11) is 2.63. The van der Waals surface area contributed by atoms with Gasteiger partial charge >= 0.3 is 11.9 Å². The smallest absolute Gasteiger partial charge is 0.342 e. The molecule has 0 fully saturated rings. The van der Waals surface area contributed by atoms with Crippen molar-refractivity contribution in [2.45, 2.75) is 45.8 Å². The Hall–Kier alpha value is -3.13. The molecule has 0 unspecified atom stereocenters. The quantitative estimate of drug-likeness (QED) is 0.419. The Balaban J connectivity index is 1.98. The van der Waals surface area contributed by atoms with Crippen molar-refractivity contribution in [2.24, 2.45) is 5.41 Å². The second-order valence-electron chi connectivity index (χ2n) is 8.12. The van der Waals surface area contributed by atoms with Crippen LogP contribution in [-0.4, -0.2) is 55.9 Å². The monoisotopic (exact) mass is 444 g/mol. The van der Waals surface area contributed by atoms with E-state index < -0.39 is 29.2 Å². The third-order valence-electron chi connectivity index (χ3n) is 6.13. The molecular formula is C24H28O8. The normalized spacial score (nSPS) is 25.5. The molecule has 3 rings (SSSR count). The molecule has 0 saturated carbocycles. The highest BCUT2D eigenvalue weighted by Crippen LogP contribution is 2.43. The number of ketones is 1. The van der Waals surface area contributed by atoms with E-state index in [1.165, 1.54) is 27.2 Å². The molecule has 2 aliphatic rings. The Kier molecular flexibility index (Phi) is 6.74. The Morgan fingerprint density at radius 1 is 1.25 bits per heavy atom. The number of hydrogen-bond donors (Lipinski definition) is 1. The van der Waals surface area contributed by atoms with Gasteiger partial charge in [0.05, 0.1) is 26.9 Å². The van der Waals surface area contributed by atoms with Crippen LogP contribution >= 0.6 is 0 Å². The van der Waals surface area contributed by atoms with Crippen LogP contribution < -0.4 is 4.74 Å². The summed E-state index contributed by atoms with van der Waals surface area (Å²) in [6.45, 7) is 5.00. The molecule has 0 amide bonds. The van der Waals surface area contributed by atoms with Gasteiger partial charge in [-0.1, -0.05) is 17.7 Å². The van der Waals surface area contributed by atoms with E-state index in [2.05, 4.69) is 0 Å². The molecule has 0 saturated heterocycles. The largest absolute Gasteiger partial charge is 0.507 e. The van der Waals surface area contributed by atoms with Crippen LogP contribution in [0.3, 0.4) is 0 Å². The third kappa shape index (κ3) is 4.02. The molecule has 8 nitrogen and oxygen atoms in total. The molecule has 1 aromatic rings. The van der Waals surface area contributed by atoms with Gasteiger partial charge in [0.2, 0.25) is 0 Å². The summed E-state index contributed by atoms with van der Waals surface area (Å²) in [5.74, 6) is -2.03. The van der Waals surface area contributed by atoms with E-state index in [9.17, 15) is 19.5 Å². The third-order valence-corrected chi connectivity index (χ3v) is 6.13. The van der Waals surface area contributed by atoms with Crippen LogP contribution in [0.2, 0.25) is 0 Å². The maximum absolute atomic E-state index is 13.4. The van der Waals surface area contributed by atoms with Crippen molar-refractivity contribution in [1.82, 2.24) is 0 Å². The number of Topliss-reactive ketones (excluding diaryl/α,β-unsaturated/α-hetero) is 1. The molecule has 1 heterocycles. The van der Waals surface area contributed by atoms with Crippen molar-refractivity contribution in [1.29, 1.82) is 0 Å². The molecular weight excluding hydrogens is 416 g/mol. The van der Waals surface area contributed by atoms with Crippen molar-refractivity contribution in [3.8, 4) is 11.5 Å². The molecule has 1 aliphatic heterocycles. The van der Waals surface area contributed by atoms with Crippen LogP contribution in [0.25, 0.3) is 0 Å². The van der Waals surface area contributed by atoms with Crippen molar-refractivity contribution in [3.63, 3.8) is 0 Å². The number of phenols is 1. The van der Waals surface area contributed by atoms with Gasteiger partial charge in [0.25, 0.3) is 0 Å². The Morgan fingerprint density at radius 3 is 2.56 bits per heavy atom. The predicted molar refractivity (Wildman–Crippen MR) is 115 cm³/mol. The first-order chi connectivity index (χ1) is 15.2. The van der Waals surface area contributed by atoms with Crippen molar-refractivity contribution < 1.29 is 38.4 Å². The number of hydrogen-bond acceptors (Lipinski definition) is 8. The average Bonchev–Trinajstić information content (AvgIpc) is 2.76. The van der Waals surface area contributed by atoms with E-state index >= 15 is 0 Å². The number of ether oxygens (including phenoxy) is 4. The van der Waals surface area contributed by atoms with Gasteiger partial charge in [-0.3, -0.25) is 9.59 Å². The lowest BCUT2D eigenvalue weighted by Crippen LogP contribution is -2.54. The summed E-state index contributed by atoms with van der Waals surface area (Å²) in [5, 5.41) is 10.3. The van der Waals surface area contributed by atoms with Crippen molar-refractivity contribution in [3.05, 3.63) is 46.6 Å². The van der Waals surface area contributed by atoms with E-state index in [4.69, 9.17) is 18.9 Å². The number of benzene rings is 1. The zero-order valence-corrected chi connectivity index (χ0v) is 18.9. The lowest BCUT2D eigenvalue weighted by molar-refractivity contribution is -0.164. The summed E-state index contributed by atoms with van der Waals surface area (Å²) in [5.41, 5.74) is -0.124. The van der Waals surface area contributed by atoms with Crippen LogP contribution in [0, 0.1) is 12.3 Å². The van der Waals surface area contributed by atoms with Crippen LogP contribution in [0.15, 0.2) is 35.4 Å². The van der Waals surface area contributed by atoms with E-state index in [1.54, 1.807) is 13.0 Å². The lowest BCUT2D eigenvalue weighted by atomic mass is 9.68. The number of aryl methyl sites for hydroxylation is 1. The number of rotatable bonds is 5. The zero-order valence-electron chi connectivity index (χ0n) is 18.9. The van der Waals surface area contributed by atoms with Crippen molar-refractivity contribution in [2.75, 3.05) is 20.8 Å². The highest BCUT2D eigenvalue weighted by molar-refractivity contribution is 6.14. The van der Waals surface area contributed by atoms with Gasteiger partial charge in [-0.25, -0.2) is 4.79 Å². The molecule has 32 heavy (non-hydrogen) atoms. The fraction of sp³-hybridized carbons (Fsp3) is 0.458. The molecule has 0 spiro atoms. The first-order valence-electron chi connectivity index (χ1n) is 10.3. The molecule has 0 aromatic heterocycles. The standard InChI is InChI=1S/C24H28O8/c1-6-7-15-9-14-10-19(24(3,23(28)30-5)21(26)17(14)12-31-15)32-22(27)20-13(2)8-16(29-4)11-18(20)25/h6-8,11,15,19,25H,9-10,12H2,1-5H3/b7-6+/t15-,19+,24-/m0/s1. The molecule has 3 atom stereocenters. The fourth-order valence-corrected chi connectivity index (χ4v) is 4.28. The predicted octanol–water partition coefficient (Wildman–Crippen LogP) is 3.05. The van der Waals surface area contributed by atoms with Crippen LogP contribution in [0.1, 0.15) is 42.6 Å². The van der Waals surface area contributed by atoms with Gasteiger partial charge in [0.15, 0.2) is 11.2 Å². The molecule has 1 N–H and O–H groups in total. The van der Waals surface area contributed by atoms with Crippen LogP contribution in [0.4, 0.5) is 0 Å². The number of aromatic hydroxyl groups is 1. The summed E-state index contributed by atoms with van der Waals surface area (Å²) in [6.07, 6.45) is 3.11. The molecule has 1 aliphatic carbocycles. The Bertz CT molecular complexity index is 982. The second-order valence-corrected chi connectivity index (χ2v) is 8.12. The number of phenolic OH excluding ortho intramolecular Hbond substituents is 1. The fourth-order valence-electron chi connectivity index (χ4n) is 4.28. The van der Waals surface area contributed by atoms with E-state index in [1.807, 2.05) is 19.1 Å². The van der Waals surface area contributed by atoms with Gasteiger partial charge in [-0.2, -0.15) is 0 Å². The SMILES string of the molecule is C/C=C/[C@H]1CC2=C(CO1)C(=O)[C@@](C)(C(=O)OC)[C@H](OC(=O)c1c(C)cc(OC)cc1O)C2. The minimum absolute atomic E-state index is 0.0518. The molecule has 0 radical (unpaired) electrons. The van der Waals surface area contributed by atoms with Gasteiger partial charge < -0.3 is 24.1 Å². The molecule has 0 bridgehead atoms. The number of carbonyl (C=O) groups excluding carboxylic acids is 3. The average molecular weight is 444 g/mol. The van der Waals surface area contributed by atoms with Gasteiger partial charge in [-0.15, -0.1) is 0 Å². The lowest BCUT2D eigenvalue weighted by Gasteiger charge is -2.41. The first kappa shape index (κ1) is 23.5. The Morgan fingerprint density at radius 2 is 1.97 bits per heavy atom. The second kappa shape index (κ2) is 9.16. The summed E-state index contributed by atoms with van der Waals surface area (Å²) in [4.78, 5) is 39.1. The van der Waals surface area contributed by atoms with E-state index in [-0.39, 0.29) is 30.4 Å². The van der Waals surface area contributed by atoms with Gasteiger partial charge in [0.1, 0.15) is 23.2 Å². The highest BCUT2D eigenvalue weighted by atomic mass is 16.6. The molecule has 172 valence electrons. The summed E-state index contributed by atoms with van der Waals surface area (Å²) >= 11 is 0. The minimum atomic E-state index is -1.73. The summed E-state index contributed by atoms with van der Waals surface area (Å²) in [6, 6.07) is 2.89. The van der Waals surface area contributed by atoms with Crippen LogP contribution in [-0.2, 0) is 23.8 Å². The molecule has 1 aromatic carbocycles. The number of esters is 2. The zero-order chi connectivity index (χ0) is 23.6. The molecule has 8 heteroatoms. The van der Waals surface area contributed by atoms with Gasteiger partial charge in [-0.05, 0) is 38.8 Å². The number of methoxy groups -OCH3 is 2. The topological polar surface area (TPSA) is 108 Å². The van der Waals surface area contributed by atoms with E-state index in [0.29, 0.717) is 23.3 Å². The number of allylic oxidation sites excluding steroid dienone is 1. The van der Waals surface area contributed by atoms with Gasteiger partial charge in [0, 0.05) is 18.1 Å². The highest BCUT2D eigenvalue weighted by Gasteiger charge is 2.56. The van der Waals surface area contributed by atoms with Crippen molar-refractivity contribution >= 4 is 17.7 Å². The van der Waals surface area contributed by atoms with Crippen LogP contribution in [0.5, 0.6) is 11.5 Å².